The fraction of sp³-hybridized carbons (Fsp3) is 0.189. The molecule has 0 spiro atoms. The fourth-order valence-electron chi connectivity index (χ4n) is 6.56. The molecular formula is C37H33BO2. The van der Waals surface area contributed by atoms with Gasteiger partial charge in [-0.25, -0.2) is 0 Å². The van der Waals surface area contributed by atoms with Crippen molar-refractivity contribution in [1.82, 2.24) is 0 Å². The van der Waals surface area contributed by atoms with Crippen LogP contribution in [0.1, 0.15) is 49.9 Å². The number of fused-ring (bicyclic) bond motifs is 5. The van der Waals surface area contributed by atoms with Gasteiger partial charge in [-0.05, 0) is 77.7 Å². The number of hydrogen-bond donors (Lipinski definition) is 0. The van der Waals surface area contributed by atoms with E-state index >= 15 is 0 Å². The first-order valence-electron chi connectivity index (χ1n) is 14.1. The average Bonchev–Trinajstić information content (AvgIpc) is 3.14. The van der Waals surface area contributed by atoms with E-state index in [1.807, 2.05) is 0 Å². The lowest BCUT2D eigenvalue weighted by Crippen LogP contribution is -2.41. The zero-order chi connectivity index (χ0) is 27.5. The van der Waals surface area contributed by atoms with Crippen molar-refractivity contribution in [3.05, 3.63) is 150 Å². The Labute approximate surface area is 237 Å². The molecule has 0 atom stereocenters. The van der Waals surface area contributed by atoms with Crippen LogP contribution in [0.4, 0.5) is 0 Å². The van der Waals surface area contributed by atoms with Crippen molar-refractivity contribution in [3.8, 4) is 22.3 Å². The lowest BCUT2D eigenvalue weighted by molar-refractivity contribution is 0.00578. The molecule has 0 saturated carbocycles. The van der Waals surface area contributed by atoms with Gasteiger partial charge in [0.15, 0.2) is 0 Å². The summed E-state index contributed by atoms with van der Waals surface area (Å²) in [7, 11) is -0.439. The Hall–Kier alpha value is -3.92. The Kier molecular flexibility index (Phi) is 5.68. The highest BCUT2D eigenvalue weighted by Gasteiger charge is 2.52. The first kappa shape index (κ1) is 25.1. The predicted molar refractivity (Wildman–Crippen MR) is 165 cm³/mol. The van der Waals surface area contributed by atoms with E-state index in [0.717, 1.165) is 5.46 Å². The van der Waals surface area contributed by atoms with Gasteiger partial charge in [0.2, 0.25) is 0 Å². The van der Waals surface area contributed by atoms with Crippen LogP contribution in [0.15, 0.2) is 127 Å². The highest BCUT2D eigenvalue weighted by molar-refractivity contribution is 6.62. The third-order valence-corrected chi connectivity index (χ3v) is 9.22. The van der Waals surface area contributed by atoms with Crippen LogP contribution in [-0.4, -0.2) is 18.3 Å². The quantitative estimate of drug-likeness (QED) is 0.220. The Morgan fingerprint density at radius 1 is 0.450 bits per heavy atom. The lowest BCUT2D eigenvalue weighted by atomic mass is 9.62. The topological polar surface area (TPSA) is 18.5 Å². The van der Waals surface area contributed by atoms with Gasteiger partial charge < -0.3 is 9.31 Å². The molecule has 1 aliphatic heterocycles. The van der Waals surface area contributed by atoms with Crippen molar-refractivity contribution in [1.29, 1.82) is 0 Å². The van der Waals surface area contributed by atoms with E-state index in [-0.39, 0.29) is 0 Å². The van der Waals surface area contributed by atoms with Crippen LogP contribution in [0.5, 0.6) is 0 Å². The Morgan fingerprint density at radius 3 is 1.45 bits per heavy atom. The third kappa shape index (κ3) is 3.58. The summed E-state index contributed by atoms with van der Waals surface area (Å²) in [6, 6.07) is 46.4. The summed E-state index contributed by atoms with van der Waals surface area (Å²) in [5, 5.41) is 0. The minimum atomic E-state index is -0.562. The Balaban J connectivity index is 1.58. The molecule has 5 aromatic carbocycles. The summed E-state index contributed by atoms with van der Waals surface area (Å²) in [6.07, 6.45) is 0. The fourth-order valence-corrected chi connectivity index (χ4v) is 6.56. The molecule has 2 aliphatic rings. The van der Waals surface area contributed by atoms with Crippen LogP contribution in [0, 0.1) is 0 Å². The van der Waals surface area contributed by atoms with Crippen LogP contribution >= 0.6 is 0 Å². The first-order valence-corrected chi connectivity index (χ1v) is 14.1. The largest absolute Gasteiger partial charge is 0.494 e. The molecule has 196 valence electrons. The van der Waals surface area contributed by atoms with E-state index in [2.05, 4.69) is 155 Å². The Bertz CT molecular complexity index is 1640. The minimum absolute atomic E-state index is 0.409. The average molecular weight is 520 g/mol. The van der Waals surface area contributed by atoms with Crippen molar-refractivity contribution in [2.45, 2.75) is 44.3 Å². The monoisotopic (exact) mass is 520 g/mol. The zero-order valence-corrected chi connectivity index (χ0v) is 23.5. The molecule has 40 heavy (non-hydrogen) atoms. The maximum atomic E-state index is 6.52. The maximum absolute atomic E-state index is 6.52. The van der Waals surface area contributed by atoms with Crippen LogP contribution in [0.3, 0.4) is 0 Å². The molecule has 5 aromatic rings. The highest BCUT2D eigenvalue weighted by Crippen LogP contribution is 2.54. The van der Waals surface area contributed by atoms with E-state index in [0.29, 0.717) is 0 Å². The van der Waals surface area contributed by atoms with Gasteiger partial charge in [-0.3, -0.25) is 0 Å². The van der Waals surface area contributed by atoms with Gasteiger partial charge in [0.05, 0.1) is 16.6 Å². The van der Waals surface area contributed by atoms with Gasteiger partial charge in [-0.15, -0.1) is 0 Å². The molecule has 2 nitrogen and oxygen atoms in total. The van der Waals surface area contributed by atoms with Gasteiger partial charge in [0, 0.05) is 0 Å². The summed E-state index contributed by atoms with van der Waals surface area (Å²) < 4.78 is 13.0. The van der Waals surface area contributed by atoms with Crippen molar-refractivity contribution < 1.29 is 9.31 Å². The van der Waals surface area contributed by atoms with Gasteiger partial charge in [0.1, 0.15) is 0 Å². The smallest absolute Gasteiger partial charge is 0.399 e. The summed E-state index contributed by atoms with van der Waals surface area (Å²) in [5.74, 6) is 0. The minimum Gasteiger partial charge on any atom is -0.399 e. The maximum Gasteiger partial charge on any atom is 0.494 e. The second kappa shape index (κ2) is 9.06. The summed E-state index contributed by atoms with van der Waals surface area (Å²) in [6.45, 7) is 8.43. The second-order valence-electron chi connectivity index (χ2n) is 12.0. The van der Waals surface area contributed by atoms with Crippen molar-refractivity contribution >= 4 is 12.6 Å². The van der Waals surface area contributed by atoms with Gasteiger partial charge in [0.25, 0.3) is 0 Å². The molecule has 1 heterocycles. The normalized spacial score (nSPS) is 17.9. The molecule has 7 rings (SSSR count). The van der Waals surface area contributed by atoms with E-state index in [1.54, 1.807) is 0 Å². The predicted octanol–water partition coefficient (Wildman–Crippen LogP) is 8.02. The molecule has 1 fully saturated rings. The molecule has 0 unspecified atom stereocenters. The van der Waals surface area contributed by atoms with Crippen LogP contribution in [0.2, 0.25) is 0 Å². The molecule has 1 saturated heterocycles. The zero-order valence-electron chi connectivity index (χ0n) is 23.5. The first-order chi connectivity index (χ1) is 19.3. The van der Waals surface area contributed by atoms with E-state index in [1.165, 1.54) is 44.5 Å². The van der Waals surface area contributed by atoms with E-state index in [4.69, 9.17) is 9.31 Å². The van der Waals surface area contributed by atoms with Crippen LogP contribution < -0.4 is 5.46 Å². The van der Waals surface area contributed by atoms with Crippen molar-refractivity contribution in [2.24, 2.45) is 0 Å². The molecule has 1 aliphatic carbocycles. The number of benzene rings is 5. The van der Waals surface area contributed by atoms with Gasteiger partial charge in [-0.1, -0.05) is 127 Å². The number of rotatable bonds is 3. The molecular weight excluding hydrogens is 487 g/mol. The third-order valence-electron chi connectivity index (χ3n) is 9.22. The van der Waals surface area contributed by atoms with Crippen molar-refractivity contribution in [2.75, 3.05) is 0 Å². The summed E-state index contributed by atoms with van der Waals surface area (Å²) in [4.78, 5) is 0. The van der Waals surface area contributed by atoms with Gasteiger partial charge >= 0.3 is 7.12 Å². The molecule has 3 heteroatoms. The second-order valence-corrected chi connectivity index (χ2v) is 12.0. The molecule has 0 aromatic heterocycles. The summed E-state index contributed by atoms with van der Waals surface area (Å²) >= 11 is 0. The Morgan fingerprint density at radius 2 is 0.900 bits per heavy atom. The molecule has 0 radical (unpaired) electrons. The summed E-state index contributed by atoms with van der Waals surface area (Å²) in [5.41, 5.74) is 9.62. The molecule has 0 amide bonds. The van der Waals surface area contributed by atoms with E-state index < -0.39 is 23.7 Å². The van der Waals surface area contributed by atoms with Crippen molar-refractivity contribution in [3.63, 3.8) is 0 Å². The highest BCUT2D eigenvalue weighted by atomic mass is 16.7. The van der Waals surface area contributed by atoms with Crippen LogP contribution in [-0.2, 0) is 14.7 Å². The van der Waals surface area contributed by atoms with Crippen LogP contribution in [0.25, 0.3) is 22.3 Å². The SMILES string of the molecule is CC1(C)OB(c2cccc(C3(c4ccccc4)c4ccccc4-c4ccccc4-c4ccccc43)c2)OC1(C)C. The lowest BCUT2D eigenvalue weighted by Gasteiger charge is -2.38. The number of hydrogen-bond acceptors (Lipinski definition) is 2. The van der Waals surface area contributed by atoms with E-state index in [9.17, 15) is 0 Å². The molecule has 0 bridgehead atoms. The molecule has 0 N–H and O–H groups in total. The standard InChI is InChI=1S/C37H33BO2/c1-35(2)36(3,4)40-38(39-35)28-18-14-17-27(25-28)37(26-15-6-5-7-16-26)33-23-12-10-21-31(33)29-19-8-9-20-30(29)32-22-11-13-24-34(32)37/h5-25H,1-4H3. The van der Waals surface area contributed by atoms with Gasteiger partial charge in [-0.2, -0.15) is 0 Å².